The van der Waals surface area contributed by atoms with Gasteiger partial charge in [0, 0.05) is 19.2 Å². The Hall–Kier alpha value is -2.30. The lowest BCUT2D eigenvalue weighted by atomic mass is 10.2. The first-order valence-corrected chi connectivity index (χ1v) is 6.83. The molecule has 5 nitrogen and oxygen atoms in total. The molecule has 20 heavy (non-hydrogen) atoms. The van der Waals surface area contributed by atoms with E-state index >= 15 is 0 Å². The maximum atomic E-state index is 12.1. The van der Waals surface area contributed by atoms with Gasteiger partial charge in [-0.1, -0.05) is 17.3 Å². The first-order valence-electron chi connectivity index (χ1n) is 6.83. The molecular formula is C15H17N3O2. The number of amides is 1. The second-order valence-electron chi connectivity index (χ2n) is 5.00. The molecule has 0 spiro atoms. The molecule has 1 saturated heterocycles. The molecule has 1 aromatic heterocycles. The Bertz CT molecular complexity index is 615. The van der Waals surface area contributed by atoms with Gasteiger partial charge in [-0.15, -0.1) is 0 Å². The first-order chi connectivity index (χ1) is 9.74. The molecule has 0 radical (unpaired) electrons. The van der Waals surface area contributed by atoms with Gasteiger partial charge in [-0.25, -0.2) is 0 Å². The fourth-order valence-electron chi connectivity index (χ4n) is 2.47. The quantitative estimate of drug-likeness (QED) is 0.932. The van der Waals surface area contributed by atoms with E-state index in [-0.39, 0.29) is 11.7 Å². The summed E-state index contributed by atoms with van der Waals surface area (Å²) in [4.78, 5) is 14.4. The van der Waals surface area contributed by atoms with Crippen molar-refractivity contribution in [3.8, 4) is 0 Å². The van der Waals surface area contributed by atoms with Crippen molar-refractivity contribution in [2.45, 2.75) is 19.8 Å². The lowest BCUT2D eigenvalue weighted by Crippen LogP contribution is -2.21. The third-order valence-electron chi connectivity index (χ3n) is 3.45. The SMILES string of the molecule is Cc1cc(C(=O)Nc2ccccc2N2CCCC2)on1. The highest BCUT2D eigenvalue weighted by molar-refractivity contribution is 6.04. The average Bonchev–Trinajstić information content (AvgIpc) is 3.10. The van der Waals surface area contributed by atoms with E-state index in [1.807, 2.05) is 24.3 Å². The molecule has 1 aliphatic rings. The summed E-state index contributed by atoms with van der Waals surface area (Å²) in [6, 6.07) is 9.48. The van der Waals surface area contributed by atoms with Gasteiger partial charge in [-0.3, -0.25) is 4.79 Å². The number of carbonyl (C=O) groups excluding carboxylic acids is 1. The predicted molar refractivity (Wildman–Crippen MR) is 77.1 cm³/mol. The summed E-state index contributed by atoms with van der Waals surface area (Å²) >= 11 is 0. The molecule has 2 heterocycles. The maximum Gasteiger partial charge on any atom is 0.294 e. The summed E-state index contributed by atoms with van der Waals surface area (Å²) in [6.07, 6.45) is 2.40. The van der Waals surface area contributed by atoms with Crippen LogP contribution in [0, 0.1) is 6.92 Å². The highest BCUT2D eigenvalue weighted by Crippen LogP contribution is 2.28. The first kappa shape index (κ1) is 12.7. The van der Waals surface area contributed by atoms with Crippen LogP contribution in [0.2, 0.25) is 0 Å². The number of nitrogens with one attached hydrogen (secondary N) is 1. The fraction of sp³-hybridized carbons (Fsp3) is 0.333. The monoisotopic (exact) mass is 271 g/mol. The number of anilines is 2. The van der Waals surface area contributed by atoms with Crippen LogP contribution in [-0.4, -0.2) is 24.2 Å². The molecule has 1 N–H and O–H groups in total. The van der Waals surface area contributed by atoms with Gasteiger partial charge in [-0.05, 0) is 31.9 Å². The molecule has 5 heteroatoms. The van der Waals surface area contributed by atoms with Gasteiger partial charge in [0.2, 0.25) is 5.76 Å². The summed E-state index contributed by atoms with van der Waals surface area (Å²) < 4.78 is 4.99. The zero-order chi connectivity index (χ0) is 13.9. The number of nitrogens with zero attached hydrogens (tertiary/aromatic N) is 2. The molecule has 0 unspecified atom stereocenters. The minimum absolute atomic E-state index is 0.235. The molecule has 1 fully saturated rings. The molecule has 3 rings (SSSR count). The van der Waals surface area contributed by atoms with E-state index in [4.69, 9.17) is 4.52 Å². The van der Waals surface area contributed by atoms with Crippen molar-refractivity contribution in [3.05, 3.63) is 41.8 Å². The van der Waals surface area contributed by atoms with E-state index < -0.39 is 0 Å². The van der Waals surface area contributed by atoms with Gasteiger partial charge in [0.25, 0.3) is 5.91 Å². The Morgan fingerprint density at radius 3 is 2.75 bits per heavy atom. The summed E-state index contributed by atoms with van der Waals surface area (Å²) in [6.45, 7) is 3.86. The number of aromatic nitrogens is 1. The lowest BCUT2D eigenvalue weighted by Gasteiger charge is -2.21. The molecular weight excluding hydrogens is 254 g/mol. The third-order valence-corrected chi connectivity index (χ3v) is 3.45. The van der Waals surface area contributed by atoms with E-state index in [1.165, 1.54) is 12.8 Å². The average molecular weight is 271 g/mol. The number of hydrogen-bond acceptors (Lipinski definition) is 4. The second-order valence-corrected chi connectivity index (χ2v) is 5.00. The van der Waals surface area contributed by atoms with E-state index in [9.17, 15) is 4.79 Å². The van der Waals surface area contributed by atoms with Crippen LogP contribution in [0.15, 0.2) is 34.9 Å². The van der Waals surface area contributed by atoms with Crippen LogP contribution in [-0.2, 0) is 0 Å². The minimum Gasteiger partial charge on any atom is -0.370 e. The normalized spacial score (nSPS) is 14.6. The van der Waals surface area contributed by atoms with Gasteiger partial charge >= 0.3 is 0 Å². The highest BCUT2D eigenvalue weighted by Gasteiger charge is 2.18. The Morgan fingerprint density at radius 2 is 2.05 bits per heavy atom. The van der Waals surface area contributed by atoms with E-state index in [2.05, 4.69) is 15.4 Å². The molecule has 1 aromatic carbocycles. The zero-order valence-corrected chi connectivity index (χ0v) is 11.4. The van der Waals surface area contributed by atoms with Crippen molar-refractivity contribution in [2.75, 3.05) is 23.3 Å². The van der Waals surface area contributed by atoms with Crippen molar-refractivity contribution in [1.29, 1.82) is 0 Å². The van der Waals surface area contributed by atoms with E-state index in [1.54, 1.807) is 13.0 Å². The Morgan fingerprint density at radius 1 is 1.30 bits per heavy atom. The van der Waals surface area contributed by atoms with Gasteiger partial charge in [0.1, 0.15) is 0 Å². The topological polar surface area (TPSA) is 58.4 Å². The summed E-state index contributed by atoms with van der Waals surface area (Å²) in [5.41, 5.74) is 2.58. The maximum absolute atomic E-state index is 12.1. The lowest BCUT2D eigenvalue weighted by molar-refractivity contribution is 0.0988. The fourth-order valence-corrected chi connectivity index (χ4v) is 2.47. The van der Waals surface area contributed by atoms with Gasteiger partial charge < -0.3 is 14.7 Å². The summed E-state index contributed by atoms with van der Waals surface area (Å²) in [7, 11) is 0. The number of para-hydroxylation sites is 2. The number of benzene rings is 1. The summed E-state index contributed by atoms with van der Waals surface area (Å²) in [5, 5.41) is 6.64. The molecule has 0 atom stereocenters. The number of rotatable bonds is 3. The predicted octanol–water partition coefficient (Wildman–Crippen LogP) is 2.84. The number of aryl methyl sites for hydroxylation is 1. The molecule has 1 aliphatic heterocycles. The van der Waals surface area contributed by atoms with E-state index in [0.717, 1.165) is 24.5 Å². The highest BCUT2D eigenvalue weighted by atomic mass is 16.5. The van der Waals surface area contributed by atoms with Crippen molar-refractivity contribution >= 4 is 17.3 Å². The Kier molecular flexibility index (Phi) is 3.41. The van der Waals surface area contributed by atoms with Crippen molar-refractivity contribution in [1.82, 2.24) is 5.16 Å². The van der Waals surface area contributed by atoms with Crippen LogP contribution in [0.3, 0.4) is 0 Å². The van der Waals surface area contributed by atoms with E-state index in [0.29, 0.717) is 5.69 Å². The van der Waals surface area contributed by atoms with Crippen LogP contribution in [0.1, 0.15) is 29.1 Å². The molecule has 1 amide bonds. The largest absolute Gasteiger partial charge is 0.370 e. The molecule has 0 bridgehead atoms. The van der Waals surface area contributed by atoms with Crippen LogP contribution in [0.25, 0.3) is 0 Å². The minimum atomic E-state index is -0.266. The van der Waals surface area contributed by atoms with Crippen LogP contribution < -0.4 is 10.2 Å². The standard InChI is InChI=1S/C15H17N3O2/c1-11-10-14(20-17-11)15(19)16-12-6-2-3-7-13(12)18-8-4-5-9-18/h2-3,6-7,10H,4-5,8-9H2,1H3,(H,16,19). The van der Waals surface area contributed by atoms with Crippen molar-refractivity contribution in [3.63, 3.8) is 0 Å². The van der Waals surface area contributed by atoms with Gasteiger partial charge in [0.05, 0.1) is 17.1 Å². The van der Waals surface area contributed by atoms with Crippen LogP contribution in [0.4, 0.5) is 11.4 Å². The summed E-state index contributed by atoms with van der Waals surface area (Å²) in [5.74, 6) is -0.0315. The molecule has 104 valence electrons. The smallest absolute Gasteiger partial charge is 0.294 e. The van der Waals surface area contributed by atoms with Crippen molar-refractivity contribution < 1.29 is 9.32 Å². The van der Waals surface area contributed by atoms with Crippen LogP contribution in [0.5, 0.6) is 0 Å². The molecule has 0 saturated carbocycles. The van der Waals surface area contributed by atoms with Gasteiger partial charge in [0.15, 0.2) is 0 Å². The van der Waals surface area contributed by atoms with Crippen LogP contribution >= 0.6 is 0 Å². The number of hydrogen-bond donors (Lipinski definition) is 1. The molecule has 0 aliphatic carbocycles. The van der Waals surface area contributed by atoms with Crippen molar-refractivity contribution in [2.24, 2.45) is 0 Å². The third kappa shape index (κ3) is 2.52. The number of carbonyl (C=O) groups is 1. The molecule has 2 aromatic rings. The van der Waals surface area contributed by atoms with Gasteiger partial charge in [-0.2, -0.15) is 0 Å². The Labute approximate surface area is 117 Å². The Balaban J connectivity index is 1.81. The zero-order valence-electron chi connectivity index (χ0n) is 11.4. The second kappa shape index (κ2) is 5.36.